The van der Waals surface area contributed by atoms with Gasteiger partial charge in [0.15, 0.2) is 0 Å². The average Bonchev–Trinajstić information content (AvgIpc) is 3.21. The van der Waals surface area contributed by atoms with E-state index < -0.39 is 0 Å². The van der Waals surface area contributed by atoms with Crippen molar-refractivity contribution in [3.63, 3.8) is 0 Å². The number of amides is 2. The first-order chi connectivity index (χ1) is 16.6. The molecule has 0 unspecified atom stereocenters. The van der Waals surface area contributed by atoms with E-state index >= 15 is 0 Å². The molecule has 3 heterocycles. The van der Waals surface area contributed by atoms with Gasteiger partial charge in [-0.3, -0.25) is 0 Å². The monoisotopic (exact) mass is 474 g/mol. The number of piperazine rings is 1. The number of hydrogen-bond acceptors (Lipinski definition) is 6. The van der Waals surface area contributed by atoms with E-state index in [-0.39, 0.29) is 6.03 Å². The molecule has 0 radical (unpaired) electrons. The second kappa shape index (κ2) is 9.59. The quantitative estimate of drug-likeness (QED) is 0.575. The minimum atomic E-state index is -0.106. The van der Waals surface area contributed by atoms with Crippen LogP contribution in [0, 0.1) is 17.2 Å². The number of aryl methyl sites for hydroxylation is 2. The maximum absolute atomic E-state index is 12.8. The van der Waals surface area contributed by atoms with E-state index in [9.17, 15) is 4.79 Å². The SMILES string of the molecule is CCCc1nc(N2CCN(C(=O)Nc3ccc(C#N)cc3)CC2)c2c3c(sc2n1)C[C@@H](C)CC3. The van der Waals surface area contributed by atoms with Gasteiger partial charge in [-0.15, -0.1) is 11.3 Å². The van der Waals surface area contributed by atoms with Gasteiger partial charge < -0.3 is 15.1 Å². The third-order valence-electron chi connectivity index (χ3n) is 6.79. The number of carbonyl (C=O) groups excluding carboxylic acids is 1. The molecule has 1 saturated heterocycles. The smallest absolute Gasteiger partial charge is 0.321 e. The van der Waals surface area contributed by atoms with Gasteiger partial charge in [0, 0.05) is 43.2 Å². The molecular weight excluding hydrogens is 444 g/mol. The molecule has 1 N–H and O–H groups in total. The fourth-order valence-electron chi connectivity index (χ4n) is 4.88. The zero-order valence-corrected chi connectivity index (χ0v) is 20.6. The summed E-state index contributed by atoms with van der Waals surface area (Å²) in [6, 6.07) is 8.94. The van der Waals surface area contributed by atoms with E-state index in [4.69, 9.17) is 15.2 Å². The number of benzene rings is 1. The summed E-state index contributed by atoms with van der Waals surface area (Å²) in [6.45, 7) is 7.28. The van der Waals surface area contributed by atoms with Gasteiger partial charge in [0.2, 0.25) is 0 Å². The van der Waals surface area contributed by atoms with E-state index in [1.165, 1.54) is 22.2 Å². The first-order valence-corrected chi connectivity index (χ1v) is 13.0. The van der Waals surface area contributed by atoms with E-state index in [1.54, 1.807) is 24.3 Å². The van der Waals surface area contributed by atoms with Gasteiger partial charge >= 0.3 is 6.03 Å². The molecule has 0 bridgehead atoms. The molecule has 1 atom stereocenters. The number of hydrogen-bond donors (Lipinski definition) is 1. The van der Waals surface area contributed by atoms with Crippen LogP contribution in [0.5, 0.6) is 0 Å². The van der Waals surface area contributed by atoms with Crippen LogP contribution >= 0.6 is 11.3 Å². The van der Waals surface area contributed by atoms with Crippen LogP contribution < -0.4 is 10.2 Å². The normalized spacial score (nSPS) is 18.0. The van der Waals surface area contributed by atoms with Crippen molar-refractivity contribution in [2.45, 2.75) is 46.0 Å². The number of nitrogens with zero attached hydrogens (tertiary/aromatic N) is 5. The van der Waals surface area contributed by atoms with Gasteiger partial charge in [0.25, 0.3) is 0 Å². The number of nitrogens with one attached hydrogen (secondary N) is 1. The first kappa shape index (κ1) is 22.6. The van der Waals surface area contributed by atoms with E-state index in [2.05, 4.69) is 30.1 Å². The Morgan fingerprint density at radius 3 is 2.68 bits per heavy atom. The zero-order valence-electron chi connectivity index (χ0n) is 19.8. The summed E-state index contributed by atoms with van der Waals surface area (Å²) < 4.78 is 0. The van der Waals surface area contributed by atoms with Crippen molar-refractivity contribution in [2.24, 2.45) is 5.92 Å². The van der Waals surface area contributed by atoms with Crippen LogP contribution in [0.15, 0.2) is 24.3 Å². The van der Waals surface area contributed by atoms with Gasteiger partial charge in [-0.1, -0.05) is 13.8 Å². The average molecular weight is 475 g/mol. The molecule has 7 nitrogen and oxygen atoms in total. The van der Waals surface area contributed by atoms with Crippen LogP contribution in [-0.4, -0.2) is 47.1 Å². The maximum Gasteiger partial charge on any atom is 0.321 e. The van der Waals surface area contributed by atoms with Crippen molar-refractivity contribution >= 4 is 39.1 Å². The number of fused-ring (bicyclic) bond motifs is 3. The predicted molar refractivity (Wildman–Crippen MR) is 137 cm³/mol. The Balaban J connectivity index is 1.34. The fraction of sp³-hybridized carbons (Fsp3) is 0.462. The highest BCUT2D eigenvalue weighted by Crippen LogP contribution is 2.41. The maximum atomic E-state index is 12.8. The van der Waals surface area contributed by atoms with Gasteiger partial charge in [-0.05, 0) is 61.4 Å². The number of anilines is 2. The molecule has 5 rings (SSSR count). The largest absolute Gasteiger partial charge is 0.352 e. The lowest BCUT2D eigenvalue weighted by molar-refractivity contribution is 0.208. The summed E-state index contributed by atoms with van der Waals surface area (Å²) in [5.41, 5.74) is 2.74. The lowest BCUT2D eigenvalue weighted by atomic mass is 9.89. The molecule has 0 saturated carbocycles. The highest BCUT2D eigenvalue weighted by molar-refractivity contribution is 7.19. The number of rotatable bonds is 4. The molecule has 2 aromatic heterocycles. The van der Waals surface area contributed by atoms with E-state index in [0.29, 0.717) is 24.3 Å². The van der Waals surface area contributed by atoms with Crippen molar-refractivity contribution in [1.82, 2.24) is 14.9 Å². The number of carbonyl (C=O) groups is 1. The van der Waals surface area contributed by atoms with Crippen LogP contribution in [0.3, 0.4) is 0 Å². The second-order valence-corrected chi connectivity index (χ2v) is 10.4. The van der Waals surface area contributed by atoms with Crippen LogP contribution in [-0.2, 0) is 19.3 Å². The van der Waals surface area contributed by atoms with Gasteiger partial charge in [0.05, 0.1) is 17.0 Å². The van der Waals surface area contributed by atoms with Crippen LogP contribution in [0.2, 0.25) is 0 Å². The number of nitriles is 1. The standard InChI is InChI=1S/C26H30N6OS/c1-3-4-22-29-24(23-20-10-5-17(2)15-21(20)34-25(23)30-22)31-11-13-32(14-12-31)26(33)28-19-8-6-18(16-27)7-9-19/h6-9,17H,3-5,10-15H2,1-2H3,(H,28,33)/t17-/m0/s1. The fourth-order valence-corrected chi connectivity index (χ4v) is 6.28. The predicted octanol–water partition coefficient (Wildman–Crippen LogP) is 4.99. The third kappa shape index (κ3) is 4.45. The Morgan fingerprint density at radius 1 is 1.21 bits per heavy atom. The van der Waals surface area contributed by atoms with Crippen molar-refractivity contribution in [3.8, 4) is 6.07 Å². The van der Waals surface area contributed by atoms with Crippen molar-refractivity contribution in [3.05, 3.63) is 46.1 Å². The highest BCUT2D eigenvalue weighted by Gasteiger charge is 2.28. The summed E-state index contributed by atoms with van der Waals surface area (Å²) in [5.74, 6) is 2.72. The van der Waals surface area contributed by atoms with Crippen molar-refractivity contribution < 1.29 is 4.79 Å². The van der Waals surface area contributed by atoms with E-state index in [1.807, 2.05) is 16.2 Å². The molecule has 1 fully saturated rings. The van der Waals surface area contributed by atoms with E-state index in [0.717, 1.165) is 61.2 Å². The van der Waals surface area contributed by atoms with Gasteiger partial charge in [-0.2, -0.15) is 5.26 Å². The zero-order chi connectivity index (χ0) is 23.7. The van der Waals surface area contributed by atoms with Crippen LogP contribution in [0.1, 0.15) is 48.5 Å². The highest BCUT2D eigenvalue weighted by atomic mass is 32.1. The Hall–Kier alpha value is -3.18. The Kier molecular flexibility index (Phi) is 6.38. The Bertz CT molecular complexity index is 1240. The van der Waals surface area contributed by atoms with Crippen molar-refractivity contribution in [2.75, 3.05) is 36.4 Å². The minimum absolute atomic E-state index is 0.106. The molecule has 0 spiro atoms. The molecule has 34 heavy (non-hydrogen) atoms. The molecule has 1 aromatic carbocycles. The molecule has 2 aliphatic rings. The summed E-state index contributed by atoms with van der Waals surface area (Å²) in [4.78, 5) is 29.6. The summed E-state index contributed by atoms with van der Waals surface area (Å²) >= 11 is 1.86. The number of aromatic nitrogens is 2. The van der Waals surface area contributed by atoms with Crippen molar-refractivity contribution in [1.29, 1.82) is 5.26 Å². The second-order valence-electron chi connectivity index (χ2n) is 9.34. The summed E-state index contributed by atoms with van der Waals surface area (Å²) in [5, 5.41) is 13.2. The van der Waals surface area contributed by atoms with Gasteiger partial charge in [-0.25, -0.2) is 14.8 Å². The minimum Gasteiger partial charge on any atom is -0.352 e. The summed E-state index contributed by atoms with van der Waals surface area (Å²) in [7, 11) is 0. The lowest BCUT2D eigenvalue weighted by Gasteiger charge is -2.36. The molecule has 2 amide bonds. The van der Waals surface area contributed by atoms with Crippen LogP contribution in [0.25, 0.3) is 10.2 Å². The molecule has 1 aliphatic carbocycles. The van der Waals surface area contributed by atoms with Crippen LogP contribution in [0.4, 0.5) is 16.3 Å². The Labute approximate surface area is 204 Å². The summed E-state index contributed by atoms with van der Waals surface area (Å²) in [6.07, 6.45) is 5.37. The molecule has 3 aromatic rings. The topological polar surface area (TPSA) is 85.2 Å². The lowest BCUT2D eigenvalue weighted by Crippen LogP contribution is -2.50. The third-order valence-corrected chi connectivity index (χ3v) is 7.94. The Morgan fingerprint density at radius 2 is 1.97 bits per heavy atom. The first-order valence-electron chi connectivity index (χ1n) is 12.2. The van der Waals surface area contributed by atoms with Gasteiger partial charge in [0.1, 0.15) is 16.5 Å². The molecule has 8 heteroatoms. The molecular formula is C26H30N6OS. The molecule has 176 valence electrons. The number of urea groups is 1. The number of thiophene rings is 1. The molecule has 1 aliphatic heterocycles.